The van der Waals surface area contributed by atoms with Crippen LogP contribution in [0.2, 0.25) is 0 Å². The molecule has 0 saturated heterocycles. The van der Waals surface area contributed by atoms with Gasteiger partial charge in [0.2, 0.25) is 0 Å². The van der Waals surface area contributed by atoms with Gasteiger partial charge in [-0.25, -0.2) is 0 Å². The summed E-state index contributed by atoms with van der Waals surface area (Å²) in [4.78, 5) is 23.8. The molecule has 2 saturated carbocycles. The first-order valence-electron chi connectivity index (χ1n) is 6.73. The van der Waals surface area contributed by atoms with Crippen LogP contribution in [0.4, 0.5) is 0 Å². The fraction of sp³-hybridized carbons (Fsp3) is 0.733. The highest BCUT2D eigenvalue weighted by molar-refractivity contribution is 9.10. The molecular weight excluding hydrogens is 328 g/mol. The molecule has 19 heavy (non-hydrogen) atoms. The molecule has 2 nitrogen and oxygen atoms in total. The highest BCUT2D eigenvalue weighted by atomic mass is 79.9. The lowest BCUT2D eigenvalue weighted by molar-refractivity contribution is -0.121. The largest absolute Gasteiger partial charge is 0.295 e. The first-order valence-corrected chi connectivity index (χ1v) is 7.91. The zero-order chi connectivity index (χ0) is 14.3. The Morgan fingerprint density at radius 2 is 1.84 bits per heavy atom. The predicted octanol–water partition coefficient (Wildman–Crippen LogP) is 3.80. The SMILES string of the molecule is CC1(C)CC(=O)C=C2C(=O)[C@]3(Cl)C[C@@]21CC[C@@]3(C)Br. The van der Waals surface area contributed by atoms with Crippen LogP contribution in [0.5, 0.6) is 0 Å². The van der Waals surface area contributed by atoms with Gasteiger partial charge in [0, 0.05) is 21.7 Å². The van der Waals surface area contributed by atoms with Crippen molar-refractivity contribution < 1.29 is 9.59 Å². The summed E-state index contributed by atoms with van der Waals surface area (Å²) < 4.78 is -0.388. The summed E-state index contributed by atoms with van der Waals surface area (Å²) in [5.74, 6) is 0.0234. The predicted molar refractivity (Wildman–Crippen MR) is 78.7 cm³/mol. The van der Waals surface area contributed by atoms with Gasteiger partial charge >= 0.3 is 0 Å². The Morgan fingerprint density at radius 3 is 2.47 bits per heavy atom. The fourth-order valence-electron chi connectivity index (χ4n) is 4.28. The zero-order valence-corrected chi connectivity index (χ0v) is 13.8. The van der Waals surface area contributed by atoms with Crippen molar-refractivity contribution in [1.82, 2.24) is 0 Å². The van der Waals surface area contributed by atoms with E-state index in [1.807, 2.05) is 6.92 Å². The van der Waals surface area contributed by atoms with Gasteiger partial charge < -0.3 is 0 Å². The van der Waals surface area contributed by atoms with Gasteiger partial charge in [0.05, 0.1) is 0 Å². The van der Waals surface area contributed by atoms with Crippen molar-refractivity contribution in [3.63, 3.8) is 0 Å². The molecule has 3 rings (SSSR count). The summed E-state index contributed by atoms with van der Waals surface area (Å²) in [6, 6.07) is 0. The van der Waals surface area contributed by atoms with Crippen LogP contribution in [0.1, 0.15) is 46.5 Å². The Labute approximate surface area is 127 Å². The average Bonchev–Trinajstić information content (AvgIpc) is 2.46. The van der Waals surface area contributed by atoms with Gasteiger partial charge in [-0.3, -0.25) is 9.59 Å². The van der Waals surface area contributed by atoms with Crippen molar-refractivity contribution in [1.29, 1.82) is 0 Å². The van der Waals surface area contributed by atoms with Crippen LogP contribution in [0.15, 0.2) is 11.6 Å². The molecule has 2 fully saturated rings. The van der Waals surface area contributed by atoms with Gasteiger partial charge in [0.1, 0.15) is 4.87 Å². The maximum atomic E-state index is 12.8. The Morgan fingerprint density at radius 1 is 1.21 bits per heavy atom. The monoisotopic (exact) mass is 344 g/mol. The Balaban J connectivity index is 2.25. The lowest BCUT2D eigenvalue weighted by atomic mass is 9.53. The summed E-state index contributed by atoms with van der Waals surface area (Å²) in [7, 11) is 0. The minimum atomic E-state index is -0.904. The van der Waals surface area contributed by atoms with E-state index in [4.69, 9.17) is 11.6 Å². The van der Waals surface area contributed by atoms with E-state index in [1.54, 1.807) is 6.08 Å². The minimum absolute atomic E-state index is 0.0350. The van der Waals surface area contributed by atoms with E-state index in [0.29, 0.717) is 18.4 Å². The Kier molecular flexibility index (Phi) is 2.57. The van der Waals surface area contributed by atoms with Crippen molar-refractivity contribution in [2.24, 2.45) is 10.8 Å². The van der Waals surface area contributed by atoms with Gasteiger partial charge in [-0.15, -0.1) is 11.6 Å². The summed E-state index contributed by atoms with van der Waals surface area (Å²) in [5.41, 5.74) is 0.281. The maximum absolute atomic E-state index is 12.8. The van der Waals surface area contributed by atoms with E-state index in [0.717, 1.165) is 12.8 Å². The van der Waals surface area contributed by atoms with Crippen LogP contribution < -0.4 is 0 Å². The molecule has 0 N–H and O–H groups in total. The number of carbonyl (C=O) groups is 2. The second-order valence-electron chi connectivity index (χ2n) is 7.17. The molecule has 2 bridgehead atoms. The summed E-state index contributed by atoms with van der Waals surface area (Å²) in [5, 5.41) is 0. The van der Waals surface area contributed by atoms with Gasteiger partial charge in [0.25, 0.3) is 0 Å². The second kappa shape index (κ2) is 3.54. The molecule has 0 heterocycles. The number of hydrogen-bond acceptors (Lipinski definition) is 2. The van der Waals surface area contributed by atoms with E-state index in [2.05, 4.69) is 29.8 Å². The fourth-order valence-corrected chi connectivity index (χ4v) is 5.22. The third kappa shape index (κ3) is 1.44. The molecule has 0 aromatic heterocycles. The summed E-state index contributed by atoms with van der Waals surface area (Å²) >= 11 is 10.4. The van der Waals surface area contributed by atoms with E-state index in [9.17, 15) is 9.59 Å². The number of rotatable bonds is 0. The smallest absolute Gasteiger partial charge is 0.181 e. The van der Waals surface area contributed by atoms with Crippen molar-refractivity contribution >= 4 is 39.1 Å². The molecule has 0 aromatic rings. The summed E-state index contributed by atoms with van der Waals surface area (Å²) in [6.07, 6.45) is 4.51. The van der Waals surface area contributed by atoms with Crippen molar-refractivity contribution in [3.05, 3.63) is 11.6 Å². The number of ketones is 2. The molecule has 0 aromatic carbocycles. The van der Waals surface area contributed by atoms with Crippen molar-refractivity contribution in [2.75, 3.05) is 0 Å². The quantitative estimate of drug-likeness (QED) is 0.626. The molecule has 3 aliphatic rings. The van der Waals surface area contributed by atoms with Crippen molar-refractivity contribution in [2.45, 2.75) is 55.7 Å². The first kappa shape index (κ1) is 13.8. The van der Waals surface area contributed by atoms with Crippen LogP contribution in [0, 0.1) is 10.8 Å². The summed E-state index contributed by atoms with van der Waals surface area (Å²) in [6.45, 7) is 6.20. The average molecular weight is 346 g/mol. The molecule has 104 valence electrons. The molecule has 4 heteroatoms. The van der Waals surface area contributed by atoms with E-state index in [-0.39, 0.29) is 26.7 Å². The van der Waals surface area contributed by atoms with E-state index >= 15 is 0 Å². The van der Waals surface area contributed by atoms with Gasteiger partial charge in [-0.2, -0.15) is 0 Å². The highest BCUT2D eigenvalue weighted by Gasteiger charge is 2.71. The standard InChI is InChI=1S/C15H18BrClO2/c1-12(2)7-9(18)6-10-11(19)15(17)8-14(10,12)5-4-13(15,3)16/h6H,4-5,7-8H2,1-3H3/t13-,14+,15-/m1/s1. The molecule has 3 atom stereocenters. The number of carbonyl (C=O) groups excluding carboxylic acids is 2. The number of hydrogen-bond donors (Lipinski definition) is 0. The minimum Gasteiger partial charge on any atom is -0.295 e. The number of Topliss-reactive ketones (excluding diaryl/α,β-unsaturated/α-hetero) is 1. The second-order valence-corrected chi connectivity index (χ2v) is 9.57. The van der Waals surface area contributed by atoms with Gasteiger partial charge in [-0.1, -0.05) is 29.8 Å². The van der Waals surface area contributed by atoms with Gasteiger partial charge in [-0.05, 0) is 37.7 Å². The molecule has 0 amide bonds. The lowest BCUT2D eigenvalue weighted by Gasteiger charge is -2.52. The van der Waals surface area contributed by atoms with Crippen LogP contribution >= 0.6 is 27.5 Å². The Bertz CT molecular complexity index is 534. The molecule has 1 spiro atoms. The molecular formula is C15H18BrClO2. The number of fused-ring (bicyclic) bond motifs is 1. The van der Waals surface area contributed by atoms with E-state index in [1.165, 1.54) is 0 Å². The van der Waals surface area contributed by atoms with E-state index < -0.39 is 4.87 Å². The van der Waals surface area contributed by atoms with Crippen molar-refractivity contribution in [3.8, 4) is 0 Å². The molecule has 0 unspecified atom stereocenters. The molecule has 3 aliphatic carbocycles. The highest BCUT2D eigenvalue weighted by Crippen LogP contribution is 2.70. The third-order valence-corrected chi connectivity index (χ3v) is 7.75. The number of alkyl halides is 2. The van der Waals surface area contributed by atoms with Crippen LogP contribution in [0.3, 0.4) is 0 Å². The van der Waals surface area contributed by atoms with Crippen LogP contribution in [-0.2, 0) is 9.59 Å². The number of halogens is 2. The topological polar surface area (TPSA) is 34.1 Å². The number of allylic oxidation sites excluding steroid dienone is 2. The van der Waals surface area contributed by atoms with Gasteiger partial charge in [0.15, 0.2) is 11.6 Å². The normalized spacial score (nSPS) is 47.9. The zero-order valence-electron chi connectivity index (χ0n) is 11.5. The van der Waals surface area contributed by atoms with Crippen LogP contribution in [-0.4, -0.2) is 20.8 Å². The molecule has 0 radical (unpaired) electrons. The maximum Gasteiger partial charge on any atom is 0.181 e. The lowest BCUT2D eigenvalue weighted by Crippen LogP contribution is -2.52. The Hall–Kier alpha value is -0.150. The third-order valence-electron chi connectivity index (χ3n) is 5.73. The molecule has 0 aliphatic heterocycles. The first-order chi connectivity index (χ1) is 8.56. The van der Waals surface area contributed by atoms with Crippen LogP contribution in [0.25, 0.3) is 0 Å².